The summed E-state index contributed by atoms with van der Waals surface area (Å²) >= 11 is 1.21. The standard InChI is InChI=1S/C26H22N4O3S/c1-17-22(25(32)30(29(17)2)19-13-7-4-8-14-19)28-24(31)23(18-11-5-3-6-12-18)34-26-27-20-15-9-10-16-21(20)33-26/h3-16,23H,1-2H3,(H,28,31). The maximum Gasteiger partial charge on any atom is 0.295 e. The fraction of sp³-hybridized carbons (Fsp3) is 0.115. The number of thioether (sulfide) groups is 1. The minimum atomic E-state index is -0.668. The molecular weight excluding hydrogens is 448 g/mol. The van der Waals surface area contributed by atoms with Crippen LogP contribution >= 0.6 is 11.8 Å². The van der Waals surface area contributed by atoms with Gasteiger partial charge in [-0.3, -0.25) is 14.3 Å². The summed E-state index contributed by atoms with van der Waals surface area (Å²) in [5, 5.41) is 2.60. The molecule has 2 heterocycles. The van der Waals surface area contributed by atoms with Crippen molar-refractivity contribution in [1.29, 1.82) is 0 Å². The molecule has 34 heavy (non-hydrogen) atoms. The van der Waals surface area contributed by atoms with Gasteiger partial charge in [-0.05, 0) is 48.5 Å². The fourth-order valence-corrected chi connectivity index (χ4v) is 4.75. The Morgan fingerprint density at radius 2 is 1.62 bits per heavy atom. The molecule has 170 valence electrons. The van der Waals surface area contributed by atoms with E-state index in [2.05, 4.69) is 10.3 Å². The third kappa shape index (κ3) is 4.04. The lowest BCUT2D eigenvalue weighted by Crippen LogP contribution is -2.25. The number of fused-ring (bicyclic) bond motifs is 1. The van der Waals surface area contributed by atoms with Crippen molar-refractivity contribution in [2.75, 3.05) is 5.32 Å². The van der Waals surface area contributed by atoms with Crippen molar-refractivity contribution in [1.82, 2.24) is 14.3 Å². The molecular formula is C26H22N4O3S. The van der Waals surface area contributed by atoms with Gasteiger partial charge in [0.25, 0.3) is 10.8 Å². The zero-order chi connectivity index (χ0) is 23.7. The van der Waals surface area contributed by atoms with Gasteiger partial charge in [-0.15, -0.1) is 0 Å². The van der Waals surface area contributed by atoms with E-state index in [0.29, 0.717) is 16.5 Å². The van der Waals surface area contributed by atoms with E-state index in [1.165, 1.54) is 16.4 Å². The van der Waals surface area contributed by atoms with Crippen molar-refractivity contribution in [3.8, 4) is 5.69 Å². The van der Waals surface area contributed by atoms with Crippen LogP contribution in [0.4, 0.5) is 5.69 Å². The van der Waals surface area contributed by atoms with E-state index >= 15 is 0 Å². The normalized spacial score (nSPS) is 12.1. The third-order valence-electron chi connectivity index (χ3n) is 5.64. The van der Waals surface area contributed by atoms with Gasteiger partial charge in [-0.25, -0.2) is 9.67 Å². The van der Waals surface area contributed by atoms with Gasteiger partial charge in [-0.1, -0.05) is 60.7 Å². The zero-order valence-corrected chi connectivity index (χ0v) is 19.5. The van der Waals surface area contributed by atoms with Crippen LogP contribution in [-0.4, -0.2) is 20.3 Å². The SMILES string of the molecule is Cc1c(NC(=O)C(Sc2nc3ccccc3o2)c2ccccc2)c(=O)n(-c2ccccc2)n1C. The van der Waals surface area contributed by atoms with Crippen molar-refractivity contribution in [2.24, 2.45) is 7.05 Å². The molecule has 0 bridgehead atoms. The Kier molecular flexibility index (Phi) is 5.81. The van der Waals surface area contributed by atoms with Crippen LogP contribution in [0.1, 0.15) is 16.5 Å². The van der Waals surface area contributed by atoms with Crippen molar-refractivity contribution >= 4 is 34.5 Å². The van der Waals surface area contributed by atoms with Gasteiger partial charge in [0.05, 0.1) is 11.4 Å². The van der Waals surface area contributed by atoms with Crippen LogP contribution in [0.15, 0.2) is 99.4 Å². The summed E-state index contributed by atoms with van der Waals surface area (Å²) in [6, 6.07) is 26.2. The van der Waals surface area contributed by atoms with Gasteiger partial charge in [0.1, 0.15) is 16.5 Å². The average molecular weight is 471 g/mol. The molecule has 8 heteroatoms. The molecule has 0 saturated heterocycles. The monoisotopic (exact) mass is 470 g/mol. The number of oxazole rings is 1. The van der Waals surface area contributed by atoms with Crippen molar-refractivity contribution in [3.05, 3.63) is 107 Å². The highest BCUT2D eigenvalue weighted by molar-refractivity contribution is 8.00. The second-order valence-corrected chi connectivity index (χ2v) is 8.84. The van der Waals surface area contributed by atoms with Gasteiger partial charge in [0, 0.05) is 7.05 Å². The second kappa shape index (κ2) is 9.07. The van der Waals surface area contributed by atoms with E-state index in [-0.39, 0.29) is 17.2 Å². The first-order chi connectivity index (χ1) is 16.5. The number of carbonyl (C=O) groups is 1. The molecule has 5 aromatic rings. The first-order valence-electron chi connectivity index (χ1n) is 10.7. The molecule has 0 spiro atoms. The molecule has 1 unspecified atom stereocenters. The average Bonchev–Trinajstić information content (AvgIpc) is 3.37. The molecule has 0 aliphatic heterocycles. The van der Waals surface area contributed by atoms with Gasteiger partial charge >= 0.3 is 0 Å². The Morgan fingerprint density at radius 1 is 0.971 bits per heavy atom. The minimum absolute atomic E-state index is 0.246. The Labute approximate surface area is 200 Å². The molecule has 1 N–H and O–H groups in total. The molecule has 3 aromatic carbocycles. The van der Waals surface area contributed by atoms with Gasteiger partial charge < -0.3 is 9.73 Å². The molecule has 0 saturated carbocycles. The summed E-state index contributed by atoms with van der Waals surface area (Å²) < 4.78 is 9.12. The number of anilines is 1. The number of nitrogens with zero attached hydrogens (tertiary/aromatic N) is 3. The van der Waals surface area contributed by atoms with E-state index < -0.39 is 5.25 Å². The van der Waals surface area contributed by atoms with Crippen LogP contribution in [0.25, 0.3) is 16.8 Å². The topological polar surface area (TPSA) is 82.1 Å². The molecule has 0 aliphatic carbocycles. The maximum atomic E-state index is 13.5. The Balaban J connectivity index is 1.50. The van der Waals surface area contributed by atoms with E-state index in [4.69, 9.17) is 4.42 Å². The van der Waals surface area contributed by atoms with E-state index in [1.807, 2.05) is 91.9 Å². The first-order valence-corrected chi connectivity index (χ1v) is 11.6. The molecule has 0 aliphatic rings. The van der Waals surface area contributed by atoms with Crippen molar-refractivity contribution in [2.45, 2.75) is 17.4 Å². The van der Waals surface area contributed by atoms with Gasteiger partial charge in [-0.2, -0.15) is 0 Å². The van der Waals surface area contributed by atoms with Crippen LogP contribution in [0, 0.1) is 6.92 Å². The molecule has 0 radical (unpaired) electrons. The van der Waals surface area contributed by atoms with Crippen LogP contribution in [0.2, 0.25) is 0 Å². The number of hydrogen-bond acceptors (Lipinski definition) is 5. The lowest BCUT2D eigenvalue weighted by molar-refractivity contribution is -0.115. The van der Waals surface area contributed by atoms with Crippen molar-refractivity contribution in [3.63, 3.8) is 0 Å². The number of para-hydroxylation sites is 3. The number of aromatic nitrogens is 3. The summed E-state index contributed by atoms with van der Waals surface area (Å²) in [4.78, 5) is 31.3. The summed E-state index contributed by atoms with van der Waals surface area (Å²) in [7, 11) is 1.79. The Morgan fingerprint density at radius 3 is 2.32 bits per heavy atom. The summed E-state index contributed by atoms with van der Waals surface area (Å²) in [5.41, 5.74) is 3.49. The van der Waals surface area contributed by atoms with Gasteiger partial charge in [0.2, 0.25) is 5.91 Å². The number of carbonyl (C=O) groups excluding carboxylic acids is 1. The largest absolute Gasteiger partial charge is 0.431 e. The van der Waals surface area contributed by atoms with Crippen LogP contribution in [0.5, 0.6) is 0 Å². The number of rotatable bonds is 6. The number of hydrogen-bond donors (Lipinski definition) is 1. The first kappa shape index (κ1) is 21.8. The van der Waals surface area contributed by atoms with Crippen LogP contribution < -0.4 is 10.9 Å². The summed E-state index contributed by atoms with van der Waals surface area (Å²) in [6.45, 7) is 1.81. The predicted molar refractivity (Wildman–Crippen MR) is 133 cm³/mol. The lowest BCUT2D eigenvalue weighted by atomic mass is 10.1. The second-order valence-electron chi connectivity index (χ2n) is 7.78. The Hall–Kier alpha value is -4.04. The smallest absolute Gasteiger partial charge is 0.295 e. The predicted octanol–water partition coefficient (Wildman–Crippen LogP) is 5.10. The zero-order valence-electron chi connectivity index (χ0n) is 18.6. The highest BCUT2D eigenvalue weighted by Crippen LogP contribution is 2.37. The maximum absolute atomic E-state index is 13.5. The highest BCUT2D eigenvalue weighted by atomic mass is 32.2. The minimum Gasteiger partial charge on any atom is -0.431 e. The highest BCUT2D eigenvalue weighted by Gasteiger charge is 2.27. The molecule has 2 aromatic heterocycles. The molecule has 0 fully saturated rings. The Bertz CT molecular complexity index is 1490. The molecule has 7 nitrogen and oxygen atoms in total. The molecule has 5 rings (SSSR count). The number of amides is 1. The third-order valence-corrected chi connectivity index (χ3v) is 6.73. The van der Waals surface area contributed by atoms with Crippen LogP contribution in [0.3, 0.4) is 0 Å². The molecule has 1 atom stereocenters. The molecule has 1 amide bonds. The van der Waals surface area contributed by atoms with Crippen molar-refractivity contribution < 1.29 is 9.21 Å². The van der Waals surface area contributed by atoms with E-state index in [9.17, 15) is 9.59 Å². The summed E-state index contributed by atoms with van der Waals surface area (Å²) in [5.74, 6) is -0.329. The lowest BCUT2D eigenvalue weighted by Gasteiger charge is -2.14. The number of nitrogens with one attached hydrogen (secondary N) is 1. The number of benzene rings is 3. The van der Waals surface area contributed by atoms with E-state index in [0.717, 1.165) is 16.8 Å². The summed E-state index contributed by atoms with van der Waals surface area (Å²) in [6.07, 6.45) is 0. The van der Waals surface area contributed by atoms with E-state index in [1.54, 1.807) is 11.7 Å². The van der Waals surface area contributed by atoms with Gasteiger partial charge in [0.15, 0.2) is 5.58 Å². The quantitative estimate of drug-likeness (QED) is 0.349. The fourth-order valence-electron chi connectivity index (χ4n) is 3.80. The van der Waals surface area contributed by atoms with Crippen LogP contribution in [-0.2, 0) is 11.8 Å².